The predicted molar refractivity (Wildman–Crippen MR) is 127 cm³/mol. The SMILES string of the molecule is CCNC(=NCc1ccc(CS(=O)(=O)NC)cc1)N1CCN(C(C)C(F)(F)F)CC1.I. The fourth-order valence-corrected chi connectivity index (χ4v) is 3.93. The molecule has 0 aliphatic carbocycles. The first kappa shape index (κ1) is 27.9. The van der Waals surface area contributed by atoms with E-state index in [0.29, 0.717) is 50.8 Å². The van der Waals surface area contributed by atoms with Gasteiger partial charge >= 0.3 is 6.18 Å². The molecule has 0 saturated carbocycles. The van der Waals surface area contributed by atoms with E-state index in [1.165, 1.54) is 18.9 Å². The van der Waals surface area contributed by atoms with Gasteiger partial charge in [0.25, 0.3) is 0 Å². The summed E-state index contributed by atoms with van der Waals surface area (Å²) in [5.41, 5.74) is 1.60. The van der Waals surface area contributed by atoms with Crippen LogP contribution in [0.2, 0.25) is 0 Å². The van der Waals surface area contributed by atoms with Crippen LogP contribution < -0.4 is 10.0 Å². The maximum Gasteiger partial charge on any atom is 0.403 e. The Bertz CT molecular complexity index is 811. The monoisotopic (exact) mass is 577 g/mol. The lowest BCUT2D eigenvalue weighted by molar-refractivity contribution is -0.181. The van der Waals surface area contributed by atoms with E-state index in [-0.39, 0.29) is 29.7 Å². The molecule has 31 heavy (non-hydrogen) atoms. The average Bonchev–Trinajstić information content (AvgIpc) is 2.71. The van der Waals surface area contributed by atoms with Crippen LogP contribution in [0.25, 0.3) is 0 Å². The van der Waals surface area contributed by atoms with Crippen LogP contribution >= 0.6 is 24.0 Å². The second-order valence-electron chi connectivity index (χ2n) is 7.19. The van der Waals surface area contributed by atoms with Crippen molar-refractivity contribution in [3.8, 4) is 0 Å². The summed E-state index contributed by atoms with van der Waals surface area (Å²) >= 11 is 0. The van der Waals surface area contributed by atoms with Crippen molar-refractivity contribution < 1.29 is 21.6 Å². The maximum atomic E-state index is 12.9. The minimum absolute atomic E-state index is 0. The highest BCUT2D eigenvalue weighted by atomic mass is 127. The molecule has 1 aliphatic rings. The van der Waals surface area contributed by atoms with E-state index in [2.05, 4.69) is 15.0 Å². The summed E-state index contributed by atoms with van der Waals surface area (Å²) in [6, 6.07) is 5.71. The average molecular weight is 577 g/mol. The third kappa shape index (κ3) is 8.73. The molecule has 178 valence electrons. The van der Waals surface area contributed by atoms with Crippen LogP contribution in [0.4, 0.5) is 13.2 Å². The first-order chi connectivity index (χ1) is 14.1. The fourth-order valence-electron chi connectivity index (χ4n) is 3.15. The zero-order valence-corrected chi connectivity index (χ0v) is 21.1. The number of hydrogen-bond donors (Lipinski definition) is 2. The molecule has 0 bridgehead atoms. The summed E-state index contributed by atoms with van der Waals surface area (Å²) < 4.78 is 64.3. The highest BCUT2D eigenvalue weighted by Gasteiger charge is 2.41. The molecule has 2 rings (SSSR count). The first-order valence-electron chi connectivity index (χ1n) is 9.88. The predicted octanol–water partition coefficient (Wildman–Crippen LogP) is 2.39. The van der Waals surface area contributed by atoms with Crippen molar-refractivity contribution in [2.75, 3.05) is 39.8 Å². The lowest BCUT2D eigenvalue weighted by Crippen LogP contribution is -2.56. The molecule has 1 unspecified atom stereocenters. The van der Waals surface area contributed by atoms with Crippen LogP contribution in [0, 0.1) is 0 Å². The summed E-state index contributed by atoms with van der Waals surface area (Å²) in [6.45, 7) is 5.74. The highest BCUT2D eigenvalue weighted by Crippen LogP contribution is 2.25. The number of halogens is 4. The summed E-state index contributed by atoms with van der Waals surface area (Å²) in [6.07, 6.45) is -4.22. The Morgan fingerprint density at radius 1 is 1.13 bits per heavy atom. The van der Waals surface area contributed by atoms with Gasteiger partial charge in [-0.1, -0.05) is 24.3 Å². The minimum Gasteiger partial charge on any atom is -0.357 e. The van der Waals surface area contributed by atoms with Gasteiger partial charge in [-0.3, -0.25) is 4.90 Å². The Kier molecular flexibility index (Phi) is 11.0. The Morgan fingerprint density at radius 3 is 2.16 bits per heavy atom. The van der Waals surface area contributed by atoms with E-state index in [4.69, 9.17) is 0 Å². The summed E-state index contributed by atoms with van der Waals surface area (Å²) in [5.74, 6) is 0.578. The van der Waals surface area contributed by atoms with E-state index in [9.17, 15) is 21.6 Å². The molecule has 1 atom stereocenters. The van der Waals surface area contributed by atoms with Crippen LogP contribution in [0.5, 0.6) is 0 Å². The van der Waals surface area contributed by atoms with Gasteiger partial charge in [0, 0.05) is 32.7 Å². The molecule has 7 nitrogen and oxygen atoms in total. The number of benzene rings is 1. The number of nitrogens with one attached hydrogen (secondary N) is 2. The fraction of sp³-hybridized carbons (Fsp3) is 0.632. The van der Waals surface area contributed by atoms with Crippen molar-refractivity contribution in [1.82, 2.24) is 19.8 Å². The second-order valence-corrected chi connectivity index (χ2v) is 9.12. The molecule has 1 aliphatic heterocycles. The lowest BCUT2D eigenvalue weighted by atomic mass is 10.1. The van der Waals surface area contributed by atoms with E-state index in [1.807, 2.05) is 24.0 Å². The van der Waals surface area contributed by atoms with E-state index in [0.717, 1.165) is 5.56 Å². The van der Waals surface area contributed by atoms with Gasteiger partial charge in [-0.2, -0.15) is 13.2 Å². The van der Waals surface area contributed by atoms with Gasteiger partial charge in [0.2, 0.25) is 10.0 Å². The van der Waals surface area contributed by atoms with Gasteiger partial charge in [-0.15, -0.1) is 24.0 Å². The normalized spacial score (nSPS) is 17.2. The molecule has 0 spiro atoms. The number of guanidine groups is 1. The van der Waals surface area contributed by atoms with Crippen LogP contribution in [0.15, 0.2) is 29.3 Å². The zero-order valence-electron chi connectivity index (χ0n) is 17.9. The number of hydrogen-bond acceptors (Lipinski definition) is 4. The Balaban J connectivity index is 0.00000480. The van der Waals surface area contributed by atoms with E-state index >= 15 is 0 Å². The van der Waals surface area contributed by atoms with E-state index < -0.39 is 22.2 Å². The highest BCUT2D eigenvalue weighted by molar-refractivity contribution is 14.0. The number of sulfonamides is 1. The van der Waals surface area contributed by atoms with Gasteiger partial charge in [0.05, 0.1) is 12.3 Å². The van der Waals surface area contributed by atoms with Gasteiger partial charge in [-0.05, 0) is 32.0 Å². The molecular formula is C19H31F3IN5O2S. The molecule has 2 N–H and O–H groups in total. The summed E-state index contributed by atoms with van der Waals surface area (Å²) in [7, 11) is -1.94. The van der Waals surface area contributed by atoms with Crippen molar-refractivity contribution in [2.24, 2.45) is 4.99 Å². The van der Waals surface area contributed by atoms with Gasteiger partial charge in [-0.25, -0.2) is 18.1 Å². The molecule has 1 fully saturated rings. The van der Waals surface area contributed by atoms with Crippen LogP contribution in [0.3, 0.4) is 0 Å². The first-order valence-corrected chi connectivity index (χ1v) is 11.5. The number of nitrogens with zero attached hydrogens (tertiary/aromatic N) is 3. The van der Waals surface area contributed by atoms with Crippen LogP contribution in [-0.2, 0) is 22.3 Å². The van der Waals surface area contributed by atoms with Crippen molar-refractivity contribution in [3.05, 3.63) is 35.4 Å². The van der Waals surface area contributed by atoms with Crippen molar-refractivity contribution >= 4 is 40.0 Å². The molecule has 0 aromatic heterocycles. The topological polar surface area (TPSA) is 77.0 Å². The molecule has 0 radical (unpaired) electrons. The molecule has 0 amide bonds. The molecular weight excluding hydrogens is 546 g/mol. The molecule has 1 saturated heterocycles. The van der Waals surface area contributed by atoms with Crippen molar-refractivity contribution in [1.29, 1.82) is 0 Å². The summed E-state index contributed by atoms with van der Waals surface area (Å²) in [5, 5.41) is 3.19. The Labute approximate surface area is 199 Å². The number of piperazine rings is 1. The third-order valence-electron chi connectivity index (χ3n) is 5.07. The zero-order chi connectivity index (χ0) is 22.4. The molecule has 1 aromatic carbocycles. The van der Waals surface area contributed by atoms with Crippen LogP contribution in [-0.4, -0.2) is 76.2 Å². The smallest absolute Gasteiger partial charge is 0.357 e. The molecule has 1 aromatic rings. The molecule has 12 heteroatoms. The summed E-state index contributed by atoms with van der Waals surface area (Å²) in [4.78, 5) is 8.02. The largest absolute Gasteiger partial charge is 0.403 e. The maximum absolute atomic E-state index is 12.9. The van der Waals surface area contributed by atoms with Gasteiger partial charge in [0.1, 0.15) is 6.04 Å². The third-order valence-corrected chi connectivity index (χ3v) is 6.41. The quantitative estimate of drug-likeness (QED) is 0.296. The number of rotatable bonds is 7. The van der Waals surface area contributed by atoms with Gasteiger partial charge in [0.15, 0.2) is 5.96 Å². The molecule has 1 heterocycles. The van der Waals surface area contributed by atoms with E-state index in [1.54, 1.807) is 12.1 Å². The van der Waals surface area contributed by atoms with Crippen molar-refractivity contribution in [3.63, 3.8) is 0 Å². The standard InChI is InChI=1S/C19H30F3N5O2S.HI/c1-4-24-18(27-11-9-26(10-12-27)15(2)19(20,21)22)25-13-16-5-7-17(8-6-16)14-30(28,29)23-3;/h5-8,15,23H,4,9-14H2,1-3H3,(H,24,25);1H. The van der Waals surface area contributed by atoms with Crippen molar-refractivity contribution in [2.45, 2.75) is 38.4 Å². The van der Waals surface area contributed by atoms with Gasteiger partial charge < -0.3 is 10.2 Å². The minimum atomic E-state index is -4.22. The Hall–Kier alpha value is -1.12. The second kappa shape index (κ2) is 12.2. The Morgan fingerprint density at radius 2 is 1.68 bits per heavy atom. The number of alkyl halides is 3. The lowest BCUT2D eigenvalue weighted by Gasteiger charge is -2.39. The van der Waals surface area contributed by atoms with Crippen LogP contribution in [0.1, 0.15) is 25.0 Å². The number of aliphatic imine (C=N–C) groups is 1.